The van der Waals surface area contributed by atoms with E-state index in [1.807, 2.05) is 31.2 Å². The van der Waals surface area contributed by atoms with Gasteiger partial charge >= 0.3 is 0 Å². The number of halogens is 1. The first kappa shape index (κ1) is 10.2. The number of nitrogens with two attached hydrogens (primary N) is 1. The second kappa shape index (κ2) is 4.97. The summed E-state index contributed by atoms with van der Waals surface area (Å²) in [5.74, 6) is 0. The van der Waals surface area contributed by atoms with Crippen molar-refractivity contribution in [1.29, 1.82) is 0 Å². The number of aryl methyl sites for hydroxylation is 1. The van der Waals surface area contributed by atoms with Crippen LogP contribution in [0.3, 0.4) is 0 Å². The summed E-state index contributed by atoms with van der Waals surface area (Å²) < 4.78 is 13.5. The molecule has 0 spiro atoms. The number of hydrogen-bond acceptors (Lipinski definition) is 1. The maximum absolute atomic E-state index is 13.5. The van der Waals surface area contributed by atoms with E-state index in [2.05, 4.69) is 0 Å². The smallest absolute Gasteiger partial charge is 0.127 e. The van der Waals surface area contributed by atoms with Crippen LogP contribution in [-0.2, 0) is 6.42 Å². The molecule has 0 aliphatic heterocycles. The predicted molar refractivity (Wildman–Crippen MR) is 53.3 cm³/mol. The number of hydrogen-bond donors (Lipinski definition) is 1. The van der Waals surface area contributed by atoms with Crippen molar-refractivity contribution in [3.63, 3.8) is 0 Å². The molecule has 0 aliphatic carbocycles. The molecule has 1 rings (SSSR count). The molecular formula is C11H16FN. The van der Waals surface area contributed by atoms with Crippen LogP contribution in [0.4, 0.5) is 4.39 Å². The van der Waals surface area contributed by atoms with Gasteiger partial charge in [0.1, 0.15) is 6.17 Å². The summed E-state index contributed by atoms with van der Waals surface area (Å²) in [5, 5.41) is 0. The number of rotatable bonds is 4. The molecule has 2 N–H and O–H groups in total. The van der Waals surface area contributed by atoms with Crippen molar-refractivity contribution in [3.8, 4) is 0 Å². The van der Waals surface area contributed by atoms with E-state index in [9.17, 15) is 4.39 Å². The maximum Gasteiger partial charge on any atom is 0.127 e. The fourth-order valence-electron chi connectivity index (χ4n) is 1.46. The highest BCUT2D eigenvalue weighted by molar-refractivity contribution is 5.29. The highest BCUT2D eigenvalue weighted by atomic mass is 19.1. The molecule has 72 valence electrons. The van der Waals surface area contributed by atoms with E-state index in [1.165, 1.54) is 0 Å². The van der Waals surface area contributed by atoms with Crippen molar-refractivity contribution in [2.24, 2.45) is 5.73 Å². The van der Waals surface area contributed by atoms with Crippen molar-refractivity contribution in [3.05, 3.63) is 35.4 Å². The Bertz CT molecular complexity index is 260. The second-order valence-corrected chi connectivity index (χ2v) is 3.10. The average molecular weight is 181 g/mol. The van der Waals surface area contributed by atoms with E-state index in [4.69, 9.17) is 5.73 Å². The first-order valence-electron chi connectivity index (χ1n) is 4.71. The molecule has 1 aromatic rings. The third-order valence-electron chi connectivity index (χ3n) is 2.19. The minimum absolute atomic E-state index is 0.402. The zero-order chi connectivity index (χ0) is 9.68. The molecular weight excluding hydrogens is 165 g/mol. The SMILES string of the molecule is CCc1ccccc1C(F)CCN. The van der Waals surface area contributed by atoms with Crippen molar-refractivity contribution < 1.29 is 4.39 Å². The van der Waals surface area contributed by atoms with Gasteiger partial charge in [-0.2, -0.15) is 0 Å². The van der Waals surface area contributed by atoms with E-state index in [0.29, 0.717) is 13.0 Å². The largest absolute Gasteiger partial charge is 0.330 e. The summed E-state index contributed by atoms with van der Waals surface area (Å²) >= 11 is 0. The van der Waals surface area contributed by atoms with Crippen molar-refractivity contribution in [2.45, 2.75) is 25.9 Å². The zero-order valence-electron chi connectivity index (χ0n) is 7.96. The summed E-state index contributed by atoms with van der Waals surface area (Å²) in [5.41, 5.74) is 7.21. The van der Waals surface area contributed by atoms with E-state index in [0.717, 1.165) is 17.5 Å². The second-order valence-electron chi connectivity index (χ2n) is 3.10. The van der Waals surface area contributed by atoms with Crippen LogP contribution in [0.2, 0.25) is 0 Å². The molecule has 0 heterocycles. The van der Waals surface area contributed by atoms with Gasteiger partial charge in [-0.1, -0.05) is 31.2 Å². The van der Waals surface area contributed by atoms with Crippen LogP contribution < -0.4 is 5.73 Å². The number of alkyl halides is 1. The Balaban J connectivity index is 2.85. The van der Waals surface area contributed by atoms with Crippen molar-refractivity contribution >= 4 is 0 Å². The van der Waals surface area contributed by atoms with Gasteiger partial charge in [-0.05, 0) is 30.5 Å². The fraction of sp³-hybridized carbons (Fsp3) is 0.455. The van der Waals surface area contributed by atoms with Gasteiger partial charge in [0.2, 0.25) is 0 Å². The Labute approximate surface area is 78.8 Å². The van der Waals surface area contributed by atoms with Crippen LogP contribution in [0.25, 0.3) is 0 Å². The molecule has 0 saturated heterocycles. The Hall–Kier alpha value is -0.890. The summed E-state index contributed by atoms with van der Waals surface area (Å²) in [6.45, 7) is 2.44. The summed E-state index contributed by atoms with van der Waals surface area (Å²) in [4.78, 5) is 0. The first-order valence-corrected chi connectivity index (χ1v) is 4.71. The molecule has 1 atom stereocenters. The lowest BCUT2D eigenvalue weighted by Gasteiger charge is -2.11. The molecule has 0 radical (unpaired) electrons. The standard InChI is InChI=1S/C11H16FN/c1-2-9-5-3-4-6-10(9)11(12)7-8-13/h3-6,11H,2,7-8,13H2,1H3. The normalized spacial score (nSPS) is 12.8. The topological polar surface area (TPSA) is 26.0 Å². The van der Waals surface area contributed by atoms with Crippen LogP contribution in [0, 0.1) is 0 Å². The highest BCUT2D eigenvalue weighted by Gasteiger charge is 2.11. The molecule has 1 aromatic carbocycles. The third kappa shape index (κ3) is 2.52. The average Bonchev–Trinajstić information content (AvgIpc) is 2.18. The molecule has 0 fully saturated rings. The molecule has 0 saturated carbocycles. The Morgan fingerprint density at radius 2 is 2.08 bits per heavy atom. The monoisotopic (exact) mass is 181 g/mol. The fourth-order valence-corrected chi connectivity index (χ4v) is 1.46. The van der Waals surface area contributed by atoms with Gasteiger partial charge in [0.05, 0.1) is 0 Å². The quantitative estimate of drug-likeness (QED) is 0.759. The first-order chi connectivity index (χ1) is 6.29. The summed E-state index contributed by atoms with van der Waals surface area (Å²) in [6, 6.07) is 7.63. The molecule has 0 aromatic heterocycles. The van der Waals surface area contributed by atoms with E-state index in [-0.39, 0.29) is 0 Å². The molecule has 1 unspecified atom stereocenters. The number of benzene rings is 1. The molecule has 0 amide bonds. The van der Waals surface area contributed by atoms with Gasteiger partial charge in [0.15, 0.2) is 0 Å². The minimum atomic E-state index is -0.902. The van der Waals surface area contributed by atoms with E-state index in [1.54, 1.807) is 0 Å². The van der Waals surface area contributed by atoms with E-state index < -0.39 is 6.17 Å². The minimum Gasteiger partial charge on any atom is -0.330 e. The van der Waals surface area contributed by atoms with Gasteiger partial charge in [0, 0.05) is 0 Å². The molecule has 13 heavy (non-hydrogen) atoms. The van der Waals surface area contributed by atoms with Gasteiger partial charge in [-0.25, -0.2) is 4.39 Å². The highest BCUT2D eigenvalue weighted by Crippen LogP contribution is 2.24. The maximum atomic E-state index is 13.5. The van der Waals surface area contributed by atoms with Gasteiger partial charge in [-0.15, -0.1) is 0 Å². The van der Waals surface area contributed by atoms with Crippen LogP contribution in [0.5, 0.6) is 0 Å². The Morgan fingerprint density at radius 1 is 1.38 bits per heavy atom. The zero-order valence-corrected chi connectivity index (χ0v) is 7.96. The van der Waals surface area contributed by atoms with Gasteiger partial charge in [0.25, 0.3) is 0 Å². The van der Waals surface area contributed by atoms with E-state index >= 15 is 0 Å². The van der Waals surface area contributed by atoms with Crippen LogP contribution in [0.15, 0.2) is 24.3 Å². The van der Waals surface area contributed by atoms with Gasteiger partial charge < -0.3 is 5.73 Å². The Kier molecular flexibility index (Phi) is 3.90. The Morgan fingerprint density at radius 3 is 2.69 bits per heavy atom. The van der Waals surface area contributed by atoms with Crippen molar-refractivity contribution in [1.82, 2.24) is 0 Å². The van der Waals surface area contributed by atoms with Crippen LogP contribution in [0.1, 0.15) is 30.6 Å². The lowest BCUT2D eigenvalue weighted by Crippen LogP contribution is -2.05. The lowest BCUT2D eigenvalue weighted by atomic mass is 10.00. The predicted octanol–water partition coefficient (Wildman–Crippen LogP) is 2.61. The molecule has 0 aliphatic rings. The van der Waals surface area contributed by atoms with Crippen molar-refractivity contribution in [2.75, 3.05) is 6.54 Å². The molecule has 2 heteroatoms. The summed E-state index contributed by atoms with van der Waals surface area (Å²) in [6.07, 6.45) is 0.388. The molecule has 0 bridgehead atoms. The van der Waals surface area contributed by atoms with Gasteiger partial charge in [-0.3, -0.25) is 0 Å². The lowest BCUT2D eigenvalue weighted by molar-refractivity contribution is 0.326. The summed E-state index contributed by atoms with van der Waals surface area (Å²) in [7, 11) is 0. The third-order valence-corrected chi connectivity index (χ3v) is 2.19. The van der Waals surface area contributed by atoms with Crippen LogP contribution in [-0.4, -0.2) is 6.54 Å². The molecule has 1 nitrogen and oxygen atoms in total. The van der Waals surface area contributed by atoms with Crippen LogP contribution >= 0.6 is 0 Å².